The van der Waals surface area contributed by atoms with Crippen LogP contribution in [0.5, 0.6) is 0 Å². The minimum absolute atomic E-state index is 0.110. The molecule has 1 N–H and O–H groups in total. The number of halogens is 1. The molecular formula is C27H35ClN6O3S. The van der Waals surface area contributed by atoms with Gasteiger partial charge in [-0.05, 0) is 51.8 Å². The van der Waals surface area contributed by atoms with Gasteiger partial charge in [-0.2, -0.15) is 10.1 Å². The van der Waals surface area contributed by atoms with E-state index in [1.54, 1.807) is 28.9 Å². The highest BCUT2D eigenvalue weighted by atomic mass is 35.5. The van der Waals surface area contributed by atoms with Crippen molar-refractivity contribution in [3.05, 3.63) is 40.5 Å². The quantitative estimate of drug-likeness (QED) is 0.480. The van der Waals surface area contributed by atoms with Crippen LogP contribution in [0.25, 0.3) is 10.3 Å². The predicted molar refractivity (Wildman–Crippen MR) is 150 cm³/mol. The van der Waals surface area contributed by atoms with Gasteiger partial charge in [-0.3, -0.25) is 19.8 Å². The summed E-state index contributed by atoms with van der Waals surface area (Å²) in [5, 5.41) is 8.55. The smallest absolute Gasteiger partial charge is 0.275 e. The first-order chi connectivity index (χ1) is 18.1. The lowest BCUT2D eigenvalue weighted by Crippen LogP contribution is -2.56. The minimum atomic E-state index is -0.404. The summed E-state index contributed by atoms with van der Waals surface area (Å²) < 4.78 is 8.04. The number of carbonyl (C=O) groups is 2. The number of carbonyl (C=O) groups excluding carboxylic acids is 2. The highest BCUT2D eigenvalue weighted by Gasteiger charge is 2.37. The molecule has 1 aliphatic carbocycles. The Morgan fingerprint density at radius 2 is 1.92 bits per heavy atom. The van der Waals surface area contributed by atoms with Crippen molar-refractivity contribution in [3.63, 3.8) is 0 Å². The Morgan fingerprint density at radius 1 is 1.18 bits per heavy atom. The van der Waals surface area contributed by atoms with Gasteiger partial charge in [0.15, 0.2) is 16.5 Å². The first kappa shape index (κ1) is 27.1. The SMILES string of the molecule is CN(C(=O)c1nn(C(C)(C)C)c2nc(NC(=O)c3cccc(Cl)c3)sc12)[C@@H]1CCCC[C@H]1N1CCOCC1. The van der Waals surface area contributed by atoms with Gasteiger partial charge >= 0.3 is 0 Å². The fourth-order valence-electron chi connectivity index (χ4n) is 5.46. The number of thiazole rings is 1. The van der Waals surface area contributed by atoms with Gasteiger partial charge in [0.1, 0.15) is 4.70 Å². The van der Waals surface area contributed by atoms with Crippen molar-refractivity contribution >= 4 is 50.2 Å². The van der Waals surface area contributed by atoms with Crippen LogP contribution in [0.4, 0.5) is 5.13 Å². The first-order valence-electron chi connectivity index (χ1n) is 13.2. The molecule has 1 aliphatic heterocycles. The van der Waals surface area contributed by atoms with Crippen molar-refractivity contribution in [1.82, 2.24) is 24.6 Å². The summed E-state index contributed by atoms with van der Waals surface area (Å²) >= 11 is 7.34. The van der Waals surface area contributed by atoms with Crippen molar-refractivity contribution in [2.45, 2.75) is 64.1 Å². The maximum absolute atomic E-state index is 14.0. The molecule has 0 radical (unpaired) electrons. The van der Waals surface area contributed by atoms with Gasteiger partial charge in [0.25, 0.3) is 11.8 Å². The second kappa shape index (κ2) is 10.9. The van der Waals surface area contributed by atoms with E-state index in [1.165, 1.54) is 17.8 Å². The molecule has 3 aromatic rings. The third kappa shape index (κ3) is 5.45. The van der Waals surface area contributed by atoms with Gasteiger partial charge in [-0.1, -0.05) is 41.8 Å². The van der Waals surface area contributed by atoms with Gasteiger partial charge in [0.05, 0.1) is 18.8 Å². The van der Waals surface area contributed by atoms with Gasteiger partial charge < -0.3 is 9.64 Å². The number of nitrogens with one attached hydrogen (secondary N) is 1. The zero-order valence-electron chi connectivity index (χ0n) is 22.4. The molecule has 1 saturated heterocycles. The maximum Gasteiger partial charge on any atom is 0.275 e. The molecular weight excluding hydrogens is 524 g/mol. The van der Waals surface area contributed by atoms with E-state index < -0.39 is 5.54 Å². The van der Waals surface area contributed by atoms with Gasteiger partial charge in [-0.25, -0.2) is 4.68 Å². The molecule has 0 spiro atoms. The highest BCUT2D eigenvalue weighted by molar-refractivity contribution is 7.22. The Morgan fingerprint density at radius 3 is 2.63 bits per heavy atom. The Hall–Kier alpha value is -2.53. The number of hydrogen-bond donors (Lipinski definition) is 1. The molecule has 9 nitrogen and oxygen atoms in total. The predicted octanol–water partition coefficient (Wildman–Crippen LogP) is 4.87. The lowest BCUT2D eigenvalue weighted by molar-refractivity contribution is -0.0148. The molecule has 1 aromatic carbocycles. The molecule has 2 amide bonds. The van der Waals surface area contributed by atoms with Crippen molar-refractivity contribution in [1.29, 1.82) is 0 Å². The van der Waals surface area contributed by atoms with Crippen molar-refractivity contribution < 1.29 is 14.3 Å². The van der Waals surface area contributed by atoms with Crippen LogP contribution in [0, 0.1) is 0 Å². The third-order valence-corrected chi connectivity index (χ3v) is 8.60. The Balaban J connectivity index is 1.45. The van der Waals surface area contributed by atoms with Crippen molar-refractivity contribution in [2.75, 3.05) is 38.7 Å². The molecule has 11 heteroatoms. The summed E-state index contributed by atoms with van der Waals surface area (Å²) in [4.78, 5) is 35.9. The number of anilines is 1. The van der Waals surface area contributed by atoms with Crippen LogP contribution in [0.1, 0.15) is 67.3 Å². The van der Waals surface area contributed by atoms with Crippen LogP contribution in [0.15, 0.2) is 24.3 Å². The van der Waals surface area contributed by atoms with E-state index in [-0.39, 0.29) is 17.9 Å². The Kier molecular flexibility index (Phi) is 7.77. The second-order valence-electron chi connectivity index (χ2n) is 11.1. The largest absolute Gasteiger partial charge is 0.379 e. The van der Waals surface area contributed by atoms with Crippen LogP contribution in [0.2, 0.25) is 5.02 Å². The molecule has 0 unspecified atom stereocenters. The Labute approximate surface area is 232 Å². The number of nitrogens with zero attached hydrogens (tertiary/aromatic N) is 5. The summed E-state index contributed by atoms with van der Waals surface area (Å²) in [6.07, 6.45) is 4.33. The van der Waals surface area contributed by atoms with Gasteiger partial charge in [0, 0.05) is 42.8 Å². The minimum Gasteiger partial charge on any atom is -0.379 e. The summed E-state index contributed by atoms with van der Waals surface area (Å²) in [5.41, 5.74) is 1.01. The average Bonchev–Trinajstić information content (AvgIpc) is 3.47. The third-order valence-electron chi connectivity index (χ3n) is 7.40. The fraction of sp³-hybridized carbons (Fsp3) is 0.556. The molecule has 5 rings (SSSR count). The van der Waals surface area contributed by atoms with E-state index in [2.05, 4.69) is 10.2 Å². The number of ether oxygens (including phenoxy) is 1. The summed E-state index contributed by atoms with van der Waals surface area (Å²) in [7, 11) is 1.90. The van der Waals surface area contributed by atoms with Gasteiger partial charge in [-0.15, -0.1) is 0 Å². The number of morpholine rings is 1. The lowest BCUT2D eigenvalue weighted by atomic mass is 9.87. The number of aromatic nitrogens is 3. The maximum atomic E-state index is 14.0. The second-order valence-corrected chi connectivity index (χ2v) is 12.5. The number of benzene rings is 1. The van der Waals surface area contributed by atoms with Crippen molar-refractivity contribution in [2.24, 2.45) is 0 Å². The number of hydrogen-bond acceptors (Lipinski definition) is 7. The van der Waals surface area contributed by atoms with Crippen LogP contribution < -0.4 is 5.32 Å². The Bertz CT molecular complexity index is 1330. The molecule has 1 saturated carbocycles. The highest BCUT2D eigenvalue weighted by Crippen LogP contribution is 2.34. The van der Waals surface area contributed by atoms with Crippen LogP contribution in [-0.4, -0.2) is 81.8 Å². The number of fused-ring (bicyclic) bond motifs is 1. The zero-order valence-corrected chi connectivity index (χ0v) is 23.9. The fourth-order valence-corrected chi connectivity index (χ4v) is 6.57. The summed E-state index contributed by atoms with van der Waals surface area (Å²) in [5.74, 6) is -0.417. The van der Waals surface area contributed by atoms with Crippen LogP contribution >= 0.6 is 22.9 Å². The first-order valence-corrected chi connectivity index (χ1v) is 14.4. The lowest BCUT2D eigenvalue weighted by Gasteiger charge is -2.44. The van der Waals surface area contributed by atoms with E-state index in [1.807, 2.05) is 32.7 Å². The number of likely N-dealkylation sites (N-methyl/N-ethyl adjacent to an activating group) is 1. The summed E-state index contributed by atoms with van der Waals surface area (Å²) in [6.45, 7) is 9.35. The average molecular weight is 559 g/mol. The van der Waals surface area contributed by atoms with E-state index >= 15 is 0 Å². The van der Waals surface area contributed by atoms with E-state index in [0.717, 1.165) is 45.6 Å². The standard InChI is InChI=1S/C27H35ClN6O3S/c1-27(2,3)34-23-22(38-26(29-23)30-24(35)17-8-7-9-18(28)16-17)21(31-34)25(36)32(4)19-10-5-6-11-20(19)33-12-14-37-15-13-33/h7-9,16,19-20H,5-6,10-15H2,1-4H3,(H,29,30,35)/t19-,20-/m1/s1. The molecule has 2 atom stereocenters. The molecule has 3 heterocycles. The number of rotatable bonds is 5. The molecule has 2 aromatic heterocycles. The molecule has 0 bridgehead atoms. The van der Waals surface area contributed by atoms with Crippen LogP contribution in [-0.2, 0) is 10.3 Å². The van der Waals surface area contributed by atoms with Gasteiger partial charge in [0.2, 0.25) is 0 Å². The topological polar surface area (TPSA) is 92.6 Å². The molecule has 204 valence electrons. The molecule has 38 heavy (non-hydrogen) atoms. The summed E-state index contributed by atoms with van der Waals surface area (Å²) in [6, 6.07) is 7.19. The van der Waals surface area contributed by atoms with E-state index in [4.69, 9.17) is 26.4 Å². The van der Waals surface area contributed by atoms with Crippen LogP contribution in [0.3, 0.4) is 0 Å². The zero-order chi connectivity index (χ0) is 27.0. The molecule has 2 aliphatic rings. The normalized spacial score (nSPS) is 21.0. The monoisotopic (exact) mass is 558 g/mol. The number of amides is 2. The molecule has 2 fully saturated rings. The van der Waals surface area contributed by atoms with Crippen molar-refractivity contribution in [3.8, 4) is 0 Å². The van der Waals surface area contributed by atoms with E-state index in [0.29, 0.717) is 37.8 Å². The van der Waals surface area contributed by atoms with E-state index in [9.17, 15) is 9.59 Å².